The van der Waals surface area contributed by atoms with E-state index >= 15 is 0 Å². The maximum Gasteiger partial charge on any atom is 0.343 e. The SMILES string of the molecule is C[C@@H]1C(=O)OC2[C@H](O)C34C5OC(=O)[C@]3(O[C@@H]3OC(=O)[C@H](O)C34[C@H](C(C)(C)C)[C@H]5O)[C@]21O. The van der Waals surface area contributed by atoms with Gasteiger partial charge < -0.3 is 39.4 Å². The van der Waals surface area contributed by atoms with Crippen LogP contribution in [0.15, 0.2) is 0 Å². The molecule has 2 aliphatic carbocycles. The van der Waals surface area contributed by atoms with Crippen molar-refractivity contribution < 1.29 is 53.8 Å². The minimum Gasteiger partial charge on any atom is -0.456 e. The van der Waals surface area contributed by atoms with Gasteiger partial charge in [-0.1, -0.05) is 20.8 Å². The molecule has 0 aromatic rings. The van der Waals surface area contributed by atoms with Crippen LogP contribution >= 0.6 is 0 Å². The van der Waals surface area contributed by atoms with Gasteiger partial charge in [0.1, 0.15) is 12.2 Å². The zero-order valence-corrected chi connectivity index (χ0v) is 17.3. The molecule has 4 unspecified atom stereocenters. The predicted molar refractivity (Wildman–Crippen MR) is 93.4 cm³/mol. The van der Waals surface area contributed by atoms with Crippen molar-refractivity contribution in [1.82, 2.24) is 0 Å². The quantitative estimate of drug-likeness (QED) is 0.234. The molecule has 6 aliphatic rings. The maximum atomic E-state index is 13.4. The number of hydrogen-bond acceptors (Lipinski definition) is 11. The molecule has 31 heavy (non-hydrogen) atoms. The van der Waals surface area contributed by atoms with Gasteiger partial charge in [0.05, 0.1) is 22.9 Å². The first-order valence-corrected chi connectivity index (χ1v) is 10.3. The molecule has 6 fully saturated rings. The summed E-state index contributed by atoms with van der Waals surface area (Å²) in [6.07, 6.45) is -9.69. The molecule has 11 nitrogen and oxygen atoms in total. The minimum absolute atomic E-state index is 0.792. The van der Waals surface area contributed by atoms with Crippen molar-refractivity contribution in [3.05, 3.63) is 0 Å². The Morgan fingerprint density at radius 2 is 1.58 bits per heavy atom. The summed E-state index contributed by atoms with van der Waals surface area (Å²) in [4.78, 5) is 38.3. The molecule has 0 aromatic heterocycles. The summed E-state index contributed by atoms with van der Waals surface area (Å²) in [5.74, 6) is -5.22. The van der Waals surface area contributed by atoms with E-state index in [1.165, 1.54) is 6.92 Å². The summed E-state index contributed by atoms with van der Waals surface area (Å²) in [5.41, 5.74) is -9.40. The third-order valence-electron chi connectivity index (χ3n) is 8.95. The lowest BCUT2D eigenvalue weighted by Gasteiger charge is -2.47. The molecule has 4 aliphatic heterocycles. The molecule has 0 radical (unpaired) electrons. The van der Waals surface area contributed by atoms with E-state index in [1.807, 2.05) is 0 Å². The van der Waals surface area contributed by atoms with Crippen LogP contribution in [0.25, 0.3) is 0 Å². The Morgan fingerprint density at radius 1 is 0.935 bits per heavy atom. The lowest BCUT2D eigenvalue weighted by atomic mass is 9.51. The summed E-state index contributed by atoms with van der Waals surface area (Å²) in [5, 5.41) is 46.1. The third kappa shape index (κ3) is 1.43. The standard InChI is InChI=1S/C20H24O11/c1-5-12(24)28-11-8(22)18-10-6(21)7(16(2,3)4)17(18)9(23)13(25)30-15(17)31-20(18,14(26)29-10)19(5,11)27/h5-11,15,21-23,27H,1-4H3/t5-,6-,7+,8+,9+,10?,11?,15+,17?,18?,19-,20-/m1/s1. The van der Waals surface area contributed by atoms with Crippen LogP contribution < -0.4 is 0 Å². The van der Waals surface area contributed by atoms with Gasteiger partial charge in [0.15, 0.2) is 17.8 Å². The number of ether oxygens (including phenoxy) is 4. The second-order valence-corrected chi connectivity index (χ2v) is 10.8. The molecule has 4 N–H and O–H groups in total. The van der Waals surface area contributed by atoms with Gasteiger partial charge in [-0.3, -0.25) is 4.79 Å². The summed E-state index contributed by atoms with van der Waals surface area (Å²) in [7, 11) is 0. The fourth-order valence-corrected chi connectivity index (χ4v) is 8.27. The summed E-state index contributed by atoms with van der Waals surface area (Å²) in [6.45, 7) is 6.63. The molecule has 170 valence electrons. The zero-order chi connectivity index (χ0) is 22.7. The summed E-state index contributed by atoms with van der Waals surface area (Å²) < 4.78 is 22.2. The highest BCUT2D eigenvalue weighted by atomic mass is 16.8. The topological polar surface area (TPSA) is 169 Å². The fraction of sp³-hybridized carbons (Fsp3) is 0.850. The zero-order valence-electron chi connectivity index (χ0n) is 17.3. The van der Waals surface area contributed by atoms with E-state index in [0.717, 1.165) is 0 Å². The molecule has 2 spiro atoms. The predicted octanol–water partition coefficient (Wildman–Crippen LogP) is -2.40. The number of rotatable bonds is 0. The molecule has 12 atom stereocenters. The van der Waals surface area contributed by atoms with Crippen molar-refractivity contribution in [3.63, 3.8) is 0 Å². The Balaban J connectivity index is 1.75. The first-order chi connectivity index (χ1) is 14.3. The maximum absolute atomic E-state index is 13.4. The van der Waals surface area contributed by atoms with Crippen molar-refractivity contribution in [3.8, 4) is 0 Å². The number of carbonyl (C=O) groups excluding carboxylic acids is 3. The first kappa shape index (κ1) is 19.9. The molecule has 2 saturated carbocycles. The van der Waals surface area contributed by atoms with E-state index in [-0.39, 0.29) is 0 Å². The summed E-state index contributed by atoms with van der Waals surface area (Å²) >= 11 is 0. The van der Waals surface area contributed by atoms with Gasteiger partial charge in [0.25, 0.3) is 0 Å². The van der Waals surface area contributed by atoms with Crippen molar-refractivity contribution in [1.29, 1.82) is 0 Å². The van der Waals surface area contributed by atoms with Gasteiger partial charge in [-0.25, -0.2) is 9.59 Å². The van der Waals surface area contributed by atoms with Gasteiger partial charge >= 0.3 is 17.9 Å². The van der Waals surface area contributed by atoms with E-state index < -0.39 is 94.0 Å². The monoisotopic (exact) mass is 440 g/mol. The Bertz CT molecular complexity index is 957. The number of carbonyl (C=O) groups is 3. The van der Waals surface area contributed by atoms with Gasteiger partial charge in [-0.05, 0) is 12.3 Å². The van der Waals surface area contributed by atoms with E-state index in [4.69, 9.17) is 18.9 Å². The lowest BCUT2D eigenvalue weighted by Crippen LogP contribution is -2.67. The number of hydrogen-bond donors (Lipinski definition) is 4. The smallest absolute Gasteiger partial charge is 0.343 e. The van der Waals surface area contributed by atoms with E-state index in [1.54, 1.807) is 20.8 Å². The molecule has 0 aromatic carbocycles. The van der Waals surface area contributed by atoms with Crippen LogP contribution in [-0.2, 0) is 33.3 Å². The molecule has 4 heterocycles. The lowest BCUT2D eigenvalue weighted by molar-refractivity contribution is -0.240. The van der Waals surface area contributed by atoms with E-state index in [0.29, 0.717) is 0 Å². The van der Waals surface area contributed by atoms with Crippen LogP contribution in [0.4, 0.5) is 0 Å². The number of aliphatic hydroxyl groups is 4. The molecule has 4 saturated heterocycles. The molecule has 11 heteroatoms. The number of esters is 3. The van der Waals surface area contributed by atoms with Crippen molar-refractivity contribution in [2.45, 2.75) is 75.7 Å². The van der Waals surface area contributed by atoms with Crippen molar-refractivity contribution >= 4 is 17.9 Å². The molecule has 6 rings (SSSR count). The Labute approximate surface area is 176 Å². The number of aliphatic hydroxyl groups excluding tert-OH is 3. The second-order valence-electron chi connectivity index (χ2n) is 10.8. The van der Waals surface area contributed by atoms with Crippen molar-refractivity contribution in [2.24, 2.45) is 28.1 Å². The molecular formula is C20H24O11. The normalized spacial score (nSPS) is 61.0. The van der Waals surface area contributed by atoms with Gasteiger partial charge in [0, 0.05) is 5.92 Å². The van der Waals surface area contributed by atoms with Gasteiger partial charge in [-0.2, -0.15) is 0 Å². The van der Waals surface area contributed by atoms with Crippen molar-refractivity contribution in [2.75, 3.05) is 0 Å². The first-order valence-electron chi connectivity index (χ1n) is 10.3. The Hall–Kier alpha value is -1.79. The van der Waals surface area contributed by atoms with E-state index in [9.17, 15) is 34.8 Å². The van der Waals surface area contributed by atoms with E-state index in [2.05, 4.69) is 0 Å². The highest BCUT2D eigenvalue weighted by Gasteiger charge is 3.05. The highest BCUT2D eigenvalue weighted by molar-refractivity contribution is 5.94. The van der Waals surface area contributed by atoms with Crippen LogP contribution in [0.5, 0.6) is 0 Å². The summed E-state index contributed by atoms with van der Waals surface area (Å²) in [6, 6.07) is 0. The minimum atomic E-state index is -2.40. The number of fused-ring (bicyclic) bond motifs is 1. The van der Waals surface area contributed by atoms with Crippen LogP contribution in [-0.4, -0.2) is 86.3 Å². The molecule has 0 amide bonds. The average molecular weight is 440 g/mol. The van der Waals surface area contributed by atoms with Crippen LogP contribution in [0.2, 0.25) is 0 Å². The van der Waals surface area contributed by atoms with Crippen LogP contribution in [0, 0.1) is 28.1 Å². The molecule has 0 bridgehead atoms. The van der Waals surface area contributed by atoms with Crippen LogP contribution in [0.1, 0.15) is 27.7 Å². The van der Waals surface area contributed by atoms with Crippen LogP contribution in [0.3, 0.4) is 0 Å². The fourth-order valence-electron chi connectivity index (χ4n) is 8.27. The highest BCUT2D eigenvalue weighted by Crippen LogP contribution is 2.84. The average Bonchev–Trinajstić information content (AvgIpc) is 3.35. The van der Waals surface area contributed by atoms with Gasteiger partial charge in [0.2, 0.25) is 11.9 Å². The van der Waals surface area contributed by atoms with Gasteiger partial charge in [-0.15, -0.1) is 0 Å². The second kappa shape index (κ2) is 4.91. The third-order valence-corrected chi connectivity index (χ3v) is 8.95. The Kier molecular flexibility index (Phi) is 3.15. The Morgan fingerprint density at radius 3 is 2.19 bits per heavy atom. The molecular weight excluding hydrogens is 416 g/mol. The largest absolute Gasteiger partial charge is 0.456 e.